The van der Waals surface area contributed by atoms with E-state index in [0.717, 1.165) is 18.2 Å². The van der Waals surface area contributed by atoms with Crippen LogP contribution in [0.2, 0.25) is 5.02 Å². The van der Waals surface area contributed by atoms with E-state index in [9.17, 15) is 22.7 Å². The van der Waals surface area contributed by atoms with Gasteiger partial charge in [0.25, 0.3) is 0 Å². The monoisotopic (exact) mass is 339 g/mol. The molecule has 0 aliphatic carbocycles. The standard InChI is InChI=1S/C11H11ClFNO4S2/c12-8-5-7(1-2-9(8)13)20(17,18)14-11(10(15)16)3-4-19-6-11/h1-2,5,14H,3-4,6H2,(H,15,16). The summed E-state index contributed by atoms with van der Waals surface area (Å²) in [6.07, 6.45) is 0.196. The van der Waals surface area contributed by atoms with E-state index in [1.807, 2.05) is 0 Å². The molecule has 1 aliphatic rings. The van der Waals surface area contributed by atoms with Crippen LogP contribution in [0.5, 0.6) is 0 Å². The van der Waals surface area contributed by atoms with Crippen molar-refractivity contribution in [2.75, 3.05) is 11.5 Å². The molecule has 2 N–H and O–H groups in total. The Kier molecular flexibility index (Phi) is 4.29. The van der Waals surface area contributed by atoms with Crippen LogP contribution >= 0.6 is 23.4 Å². The van der Waals surface area contributed by atoms with Crippen molar-refractivity contribution in [1.29, 1.82) is 0 Å². The zero-order valence-electron chi connectivity index (χ0n) is 10.1. The molecule has 1 heterocycles. The Morgan fingerprint density at radius 1 is 1.50 bits per heavy atom. The highest BCUT2D eigenvalue weighted by atomic mass is 35.5. The number of benzene rings is 1. The van der Waals surface area contributed by atoms with Gasteiger partial charge >= 0.3 is 5.97 Å². The summed E-state index contributed by atoms with van der Waals surface area (Å²) in [6.45, 7) is 0. The van der Waals surface area contributed by atoms with Crippen molar-refractivity contribution in [2.24, 2.45) is 0 Å². The Bertz CT molecular complexity index is 644. The number of hydrogen-bond donors (Lipinski definition) is 2. The second kappa shape index (κ2) is 5.51. The molecule has 1 atom stereocenters. The van der Waals surface area contributed by atoms with Gasteiger partial charge in [-0.1, -0.05) is 11.6 Å². The minimum absolute atomic E-state index is 0.149. The quantitative estimate of drug-likeness (QED) is 0.872. The third-order valence-electron chi connectivity index (χ3n) is 2.96. The molecule has 5 nitrogen and oxygen atoms in total. The smallest absolute Gasteiger partial charge is 0.325 e. The van der Waals surface area contributed by atoms with Crippen LogP contribution in [0, 0.1) is 5.82 Å². The molecule has 2 rings (SSSR count). The summed E-state index contributed by atoms with van der Waals surface area (Å²) in [7, 11) is -4.08. The molecule has 20 heavy (non-hydrogen) atoms. The SMILES string of the molecule is O=C(O)C1(NS(=O)(=O)c2ccc(F)c(Cl)c2)CCSC1. The van der Waals surface area contributed by atoms with Gasteiger partial charge in [-0.3, -0.25) is 4.79 Å². The largest absolute Gasteiger partial charge is 0.480 e. The van der Waals surface area contributed by atoms with Crippen LogP contribution in [0.25, 0.3) is 0 Å². The summed E-state index contributed by atoms with van der Waals surface area (Å²) >= 11 is 6.90. The lowest BCUT2D eigenvalue weighted by molar-refractivity contribution is -0.142. The maximum Gasteiger partial charge on any atom is 0.325 e. The summed E-state index contributed by atoms with van der Waals surface area (Å²) in [4.78, 5) is 11.1. The van der Waals surface area contributed by atoms with Gasteiger partial charge in [0.15, 0.2) is 0 Å². The van der Waals surface area contributed by atoms with Crippen LogP contribution in [-0.4, -0.2) is 36.5 Å². The van der Waals surface area contributed by atoms with Crippen molar-refractivity contribution < 1.29 is 22.7 Å². The number of thioether (sulfide) groups is 1. The second-order valence-electron chi connectivity index (χ2n) is 4.37. The molecular formula is C11H11ClFNO4S2. The number of carbonyl (C=O) groups is 1. The van der Waals surface area contributed by atoms with Gasteiger partial charge in [-0.05, 0) is 30.4 Å². The van der Waals surface area contributed by atoms with Crippen LogP contribution in [0.1, 0.15) is 6.42 Å². The fourth-order valence-electron chi connectivity index (χ4n) is 1.82. The third-order valence-corrected chi connectivity index (χ3v) is 5.98. The van der Waals surface area contributed by atoms with Gasteiger partial charge in [-0.2, -0.15) is 16.5 Å². The van der Waals surface area contributed by atoms with Crippen molar-refractivity contribution in [3.63, 3.8) is 0 Å². The number of aliphatic carboxylic acids is 1. The first kappa shape index (κ1) is 15.6. The highest BCUT2D eigenvalue weighted by molar-refractivity contribution is 7.99. The fourth-order valence-corrected chi connectivity index (χ4v) is 4.89. The van der Waals surface area contributed by atoms with E-state index in [-0.39, 0.29) is 22.1 Å². The summed E-state index contributed by atoms with van der Waals surface area (Å²) in [5.41, 5.74) is -1.52. The number of hydrogen-bond acceptors (Lipinski definition) is 4. The highest BCUT2D eigenvalue weighted by Crippen LogP contribution is 2.30. The molecule has 110 valence electrons. The summed E-state index contributed by atoms with van der Waals surface area (Å²) in [6, 6.07) is 2.92. The first-order chi connectivity index (χ1) is 9.27. The maximum atomic E-state index is 13.1. The maximum absolute atomic E-state index is 13.1. The summed E-state index contributed by atoms with van der Waals surface area (Å²) in [5, 5.41) is 8.91. The lowest BCUT2D eigenvalue weighted by Gasteiger charge is -2.24. The number of carboxylic acids is 1. The molecule has 0 bridgehead atoms. The van der Waals surface area contributed by atoms with Gasteiger partial charge in [0.2, 0.25) is 10.0 Å². The van der Waals surface area contributed by atoms with Crippen molar-refractivity contribution in [2.45, 2.75) is 16.9 Å². The van der Waals surface area contributed by atoms with E-state index in [2.05, 4.69) is 4.72 Å². The van der Waals surface area contributed by atoms with Crippen molar-refractivity contribution in [1.82, 2.24) is 4.72 Å². The molecule has 1 aromatic rings. The second-order valence-corrected chi connectivity index (χ2v) is 7.57. The lowest BCUT2D eigenvalue weighted by atomic mass is 10.0. The molecule has 9 heteroatoms. The average molecular weight is 340 g/mol. The normalized spacial score (nSPS) is 22.9. The highest BCUT2D eigenvalue weighted by Gasteiger charge is 2.45. The minimum atomic E-state index is -4.08. The van der Waals surface area contributed by atoms with Crippen LogP contribution in [-0.2, 0) is 14.8 Å². The predicted molar refractivity (Wildman–Crippen MR) is 74.0 cm³/mol. The van der Waals surface area contributed by atoms with Gasteiger partial charge in [-0.25, -0.2) is 12.8 Å². The van der Waals surface area contributed by atoms with Gasteiger partial charge in [0, 0.05) is 5.75 Å². The Labute approximate surface area is 124 Å². The van der Waals surface area contributed by atoms with Crippen molar-refractivity contribution in [3.8, 4) is 0 Å². The molecular weight excluding hydrogens is 329 g/mol. The topological polar surface area (TPSA) is 83.5 Å². The summed E-state index contributed by atoms with van der Waals surface area (Å²) in [5.74, 6) is -1.26. The van der Waals surface area contributed by atoms with Crippen LogP contribution in [0.15, 0.2) is 23.1 Å². The predicted octanol–water partition coefficient (Wildman–Crippen LogP) is 1.72. The Hall–Kier alpha value is -0.830. The van der Waals surface area contributed by atoms with Crippen LogP contribution in [0.3, 0.4) is 0 Å². The molecule has 0 saturated carbocycles. The average Bonchev–Trinajstić information content (AvgIpc) is 2.81. The van der Waals surface area contributed by atoms with E-state index in [0.29, 0.717) is 5.75 Å². The number of nitrogens with one attached hydrogen (secondary N) is 1. The molecule has 0 radical (unpaired) electrons. The first-order valence-corrected chi connectivity index (χ1v) is 8.59. The Morgan fingerprint density at radius 2 is 2.20 bits per heavy atom. The van der Waals surface area contributed by atoms with E-state index in [1.54, 1.807) is 0 Å². The number of sulfonamides is 1. The summed E-state index contributed by atoms with van der Waals surface area (Å²) < 4.78 is 39.6. The van der Waals surface area contributed by atoms with Crippen molar-refractivity contribution in [3.05, 3.63) is 29.0 Å². The minimum Gasteiger partial charge on any atom is -0.480 e. The molecule has 1 fully saturated rings. The zero-order valence-corrected chi connectivity index (χ0v) is 12.5. The number of rotatable bonds is 4. The molecule has 0 aromatic heterocycles. The van der Waals surface area contributed by atoms with Gasteiger partial charge in [0.1, 0.15) is 11.4 Å². The van der Waals surface area contributed by atoms with Crippen LogP contribution < -0.4 is 4.72 Å². The molecule has 1 unspecified atom stereocenters. The van der Waals surface area contributed by atoms with Gasteiger partial charge < -0.3 is 5.11 Å². The number of halogens is 2. The Balaban J connectivity index is 2.35. The molecule has 0 amide bonds. The zero-order chi connectivity index (χ0) is 15.0. The van der Waals surface area contributed by atoms with E-state index < -0.39 is 27.3 Å². The van der Waals surface area contributed by atoms with E-state index in [1.165, 1.54) is 11.8 Å². The molecule has 0 spiro atoms. The Morgan fingerprint density at radius 3 is 2.70 bits per heavy atom. The molecule has 1 aliphatic heterocycles. The molecule has 1 saturated heterocycles. The van der Waals surface area contributed by atoms with Gasteiger partial charge in [0.05, 0.1) is 9.92 Å². The third kappa shape index (κ3) is 2.93. The first-order valence-electron chi connectivity index (χ1n) is 5.57. The van der Waals surface area contributed by atoms with Crippen molar-refractivity contribution >= 4 is 39.4 Å². The fraction of sp³-hybridized carbons (Fsp3) is 0.364. The number of carboxylic acid groups (broad SMARTS) is 1. The van der Waals surface area contributed by atoms with Gasteiger partial charge in [-0.15, -0.1) is 0 Å². The lowest BCUT2D eigenvalue weighted by Crippen LogP contribution is -2.54. The van der Waals surface area contributed by atoms with Crippen LogP contribution in [0.4, 0.5) is 4.39 Å². The van der Waals surface area contributed by atoms with E-state index in [4.69, 9.17) is 11.6 Å². The molecule has 1 aromatic carbocycles. The van der Waals surface area contributed by atoms with E-state index >= 15 is 0 Å².